The summed E-state index contributed by atoms with van der Waals surface area (Å²) in [6.07, 6.45) is 1.70. The second kappa shape index (κ2) is 23.7. The molecule has 23 heteroatoms. The molecule has 2 fully saturated rings. The van der Waals surface area contributed by atoms with Crippen LogP contribution in [0.5, 0.6) is 0 Å². The summed E-state index contributed by atoms with van der Waals surface area (Å²) in [5.74, 6) is 2.26. The van der Waals surface area contributed by atoms with Crippen LogP contribution >= 0.6 is 15.6 Å². The van der Waals surface area contributed by atoms with E-state index in [0.29, 0.717) is 12.2 Å². The molecule has 1 aromatic heterocycles. The minimum Gasteiger partial charge on any atom is -0.756 e. The minimum absolute atomic E-state index is 0. The summed E-state index contributed by atoms with van der Waals surface area (Å²) in [7, 11) is 7.59. The van der Waals surface area contributed by atoms with Gasteiger partial charge in [0.15, 0.2) is 0 Å². The largest absolute Gasteiger partial charge is 1.00 e. The van der Waals surface area contributed by atoms with Gasteiger partial charge in [-0.1, -0.05) is 41.5 Å². The molecule has 17 nitrogen and oxygen atoms in total. The molecule has 262 valence electrons. The molecule has 0 saturated carbocycles. The van der Waals surface area contributed by atoms with Crippen LogP contribution in [0.25, 0.3) is 0 Å². The second-order valence-corrected chi connectivity index (χ2v) is 13.2. The Bertz CT molecular complexity index is 1400. The van der Waals surface area contributed by atoms with Gasteiger partial charge in [0.25, 0.3) is 15.6 Å². The van der Waals surface area contributed by atoms with Crippen molar-refractivity contribution in [2.45, 2.75) is 61.8 Å². The first-order valence-electron chi connectivity index (χ1n) is 14.4. The first kappa shape index (κ1) is 48.0. The van der Waals surface area contributed by atoms with Crippen molar-refractivity contribution in [2.24, 2.45) is 0 Å². The number of ether oxygens (including phenoxy) is 6. The SMILES string of the molecule is [B][C@@H]1O[C@H](COC)C(OP(=O)([O-])OC)[C@@H]1OCC#C.[B][C@@H]1O[C@H](COC)C(OP(=O)([O-])OC)[C@@H]1OCc1cn(Cc2ccccc2)nn1.[Na+].[Na+]. The van der Waals surface area contributed by atoms with Crippen LogP contribution in [0, 0.1) is 12.3 Å². The van der Waals surface area contributed by atoms with Crippen molar-refractivity contribution in [1.29, 1.82) is 0 Å². The van der Waals surface area contributed by atoms with Gasteiger partial charge in [-0.05, 0) is 5.56 Å². The van der Waals surface area contributed by atoms with Crippen LogP contribution in [-0.2, 0) is 68.8 Å². The van der Waals surface area contributed by atoms with E-state index in [1.807, 2.05) is 30.3 Å². The Balaban J connectivity index is 0.000000522. The number of nitrogens with zero attached hydrogens (tertiary/aromatic N) is 3. The molecule has 4 rings (SSSR count). The molecule has 2 saturated heterocycles. The number of phosphoric ester groups is 2. The van der Waals surface area contributed by atoms with Crippen LogP contribution in [0.4, 0.5) is 0 Å². The van der Waals surface area contributed by atoms with Gasteiger partial charge in [0.2, 0.25) is 0 Å². The molecule has 3 heterocycles. The number of benzene rings is 1. The van der Waals surface area contributed by atoms with E-state index in [9.17, 15) is 18.9 Å². The third-order valence-electron chi connectivity index (χ3n) is 6.86. The van der Waals surface area contributed by atoms with Crippen molar-refractivity contribution in [2.75, 3.05) is 48.3 Å². The predicted octanol–water partition coefficient (Wildman–Crippen LogP) is -6.70. The molecule has 0 amide bonds. The minimum atomic E-state index is -4.53. The van der Waals surface area contributed by atoms with Crippen molar-refractivity contribution in [3.8, 4) is 12.3 Å². The predicted molar refractivity (Wildman–Crippen MR) is 164 cm³/mol. The van der Waals surface area contributed by atoms with Gasteiger partial charge in [0.1, 0.15) is 64.6 Å². The Morgan fingerprint density at radius 3 is 1.82 bits per heavy atom. The van der Waals surface area contributed by atoms with E-state index >= 15 is 0 Å². The maximum Gasteiger partial charge on any atom is 1.00 e. The summed E-state index contributed by atoms with van der Waals surface area (Å²) < 4.78 is 75.3. The Kier molecular flexibility index (Phi) is 22.8. The molecule has 50 heavy (non-hydrogen) atoms. The van der Waals surface area contributed by atoms with Gasteiger partial charge in [0, 0.05) is 40.4 Å². The summed E-state index contributed by atoms with van der Waals surface area (Å²) in [4.78, 5) is 23.2. The molecular formula is C27H37B2N3Na2O14P2. The molecular weight excluding hydrogens is 720 g/mol. The van der Waals surface area contributed by atoms with Gasteiger partial charge in [-0.3, -0.25) is 9.13 Å². The monoisotopic (exact) mass is 757 g/mol. The zero-order valence-electron chi connectivity index (χ0n) is 28.8. The van der Waals surface area contributed by atoms with Gasteiger partial charge < -0.3 is 56.3 Å². The number of aromatic nitrogens is 3. The van der Waals surface area contributed by atoms with E-state index < -0.39 is 64.3 Å². The zero-order chi connectivity index (χ0) is 35.3. The fourth-order valence-electron chi connectivity index (χ4n) is 4.70. The number of terminal acetylenes is 1. The third-order valence-corrected chi connectivity index (χ3v) is 8.76. The molecule has 2 aromatic rings. The number of phosphoric acid groups is 2. The average Bonchev–Trinajstić information content (AvgIpc) is 3.71. The molecule has 2 aliphatic heterocycles. The van der Waals surface area contributed by atoms with Crippen LogP contribution in [0.1, 0.15) is 11.3 Å². The zero-order valence-corrected chi connectivity index (χ0v) is 34.6. The third kappa shape index (κ3) is 15.0. The van der Waals surface area contributed by atoms with E-state index in [2.05, 4.69) is 25.3 Å². The molecule has 1 aromatic carbocycles. The fraction of sp³-hybridized carbons (Fsp3) is 0.630. The number of hydrogen-bond donors (Lipinski definition) is 0. The first-order valence-corrected chi connectivity index (χ1v) is 17.3. The summed E-state index contributed by atoms with van der Waals surface area (Å²) in [6, 6.07) is 8.04. The molecule has 0 aliphatic carbocycles. The number of rotatable bonds is 17. The van der Waals surface area contributed by atoms with Crippen LogP contribution in [-0.4, -0.2) is 128 Å². The number of hydrogen-bond acceptors (Lipinski definition) is 16. The Morgan fingerprint density at radius 1 is 0.860 bits per heavy atom. The topological polar surface area (TPSA) is 203 Å². The van der Waals surface area contributed by atoms with E-state index in [4.69, 9.17) is 59.6 Å². The second-order valence-electron chi connectivity index (χ2n) is 10.2. The Morgan fingerprint density at radius 2 is 1.36 bits per heavy atom. The van der Waals surface area contributed by atoms with Gasteiger partial charge in [-0.25, -0.2) is 4.68 Å². The van der Waals surface area contributed by atoms with E-state index in [1.54, 1.807) is 10.9 Å². The van der Waals surface area contributed by atoms with Crippen molar-refractivity contribution in [3.05, 3.63) is 47.8 Å². The van der Waals surface area contributed by atoms with E-state index in [-0.39, 0.29) is 85.5 Å². The molecule has 10 atom stereocenters. The Labute approximate surface area is 338 Å². The van der Waals surface area contributed by atoms with Crippen LogP contribution in [0.3, 0.4) is 0 Å². The maximum absolute atomic E-state index is 11.8. The van der Waals surface area contributed by atoms with Crippen molar-refractivity contribution >= 4 is 31.3 Å². The summed E-state index contributed by atoms with van der Waals surface area (Å²) in [5.41, 5.74) is 1.64. The molecule has 0 bridgehead atoms. The van der Waals surface area contributed by atoms with Crippen LogP contribution < -0.4 is 68.9 Å². The molecule has 2 aliphatic rings. The first-order chi connectivity index (χ1) is 22.9. The van der Waals surface area contributed by atoms with Crippen molar-refractivity contribution in [1.82, 2.24) is 15.0 Å². The average molecular weight is 757 g/mol. The molecule has 0 spiro atoms. The maximum atomic E-state index is 11.8. The van der Waals surface area contributed by atoms with Crippen molar-refractivity contribution < 1.29 is 125 Å². The normalized spacial score (nSPS) is 28.2. The van der Waals surface area contributed by atoms with Gasteiger partial charge in [0.05, 0.1) is 32.6 Å². The summed E-state index contributed by atoms with van der Waals surface area (Å²) in [5, 5.41) is 8.14. The Hall–Kier alpha value is 0.0299. The van der Waals surface area contributed by atoms with Gasteiger partial charge >= 0.3 is 59.1 Å². The molecule has 4 radical (unpaired) electrons. The number of methoxy groups -OCH3 is 2. The molecule has 4 unspecified atom stereocenters. The summed E-state index contributed by atoms with van der Waals surface area (Å²) in [6.45, 7) is 0.742. The quantitative estimate of drug-likeness (QED) is 0.0837. The standard InChI is InChI=1S/C17H23BN3O7P.C10H16BO7P.2Na/c1-24-11-14-15(28-29(22,23)25-2)16(17(18)27-14)26-10-13-9-21(20-19-13)8-12-6-4-3-5-7-12;1-4-5-16-9-8(18-19(12,13)15-3)7(6-14-2)17-10(9)11;;/h3-7,9,14-17H,8,10-11H2,1-2H3,(H,22,23);1,7-10H,5-6H2,2-3H3,(H,12,13);;/q;;2*+1/p-2/t14-,15?,16+,17-;7-,8?,9+,10-;;/m11../s1. The van der Waals surface area contributed by atoms with Crippen LogP contribution in [0.15, 0.2) is 36.5 Å². The van der Waals surface area contributed by atoms with Crippen molar-refractivity contribution in [3.63, 3.8) is 0 Å². The van der Waals surface area contributed by atoms with E-state index in [0.717, 1.165) is 19.8 Å². The van der Waals surface area contributed by atoms with E-state index in [1.165, 1.54) is 14.2 Å². The van der Waals surface area contributed by atoms with Gasteiger partial charge in [-0.2, -0.15) is 0 Å². The summed E-state index contributed by atoms with van der Waals surface area (Å²) >= 11 is 0. The fourth-order valence-corrected chi connectivity index (χ4v) is 5.98. The van der Waals surface area contributed by atoms with Crippen LogP contribution in [0.2, 0.25) is 0 Å². The molecule has 0 N–H and O–H groups in total. The van der Waals surface area contributed by atoms with Gasteiger partial charge in [-0.15, -0.1) is 11.5 Å². The smallest absolute Gasteiger partial charge is 0.756 e.